The highest BCUT2D eigenvalue weighted by atomic mass is 32.2. The number of carbonyl (C=O) groups is 1. The first-order valence-corrected chi connectivity index (χ1v) is 9.56. The van der Waals surface area contributed by atoms with Gasteiger partial charge in [0.1, 0.15) is 5.60 Å². The summed E-state index contributed by atoms with van der Waals surface area (Å²) in [4.78, 5) is 16.2. The maximum absolute atomic E-state index is 11.9. The topological polar surface area (TPSA) is 97.4 Å². The SMILES string of the molecule is CCS(=O)(=O)Nc1nc(C2(NC(=O)OC(C)(C)C)CC2)cs1. The molecule has 0 unspecified atom stereocenters. The summed E-state index contributed by atoms with van der Waals surface area (Å²) >= 11 is 1.21. The number of alkyl carbamates (subject to hydrolysis) is 1. The van der Waals surface area contributed by atoms with E-state index in [0.717, 1.165) is 12.8 Å². The van der Waals surface area contributed by atoms with Gasteiger partial charge in [0.25, 0.3) is 0 Å². The molecule has 2 rings (SSSR count). The Balaban J connectivity index is 2.05. The minimum Gasteiger partial charge on any atom is -0.444 e. The van der Waals surface area contributed by atoms with E-state index in [1.807, 2.05) is 0 Å². The third kappa shape index (κ3) is 4.33. The summed E-state index contributed by atoms with van der Waals surface area (Å²) in [6.07, 6.45) is 1.03. The largest absolute Gasteiger partial charge is 0.444 e. The van der Waals surface area contributed by atoms with Gasteiger partial charge in [0.15, 0.2) is 5.13 Å². The molecule has 2 N–H and O–H groups in total. The van der Waals surface area contributed by atoms with Crippen LogP contribution in [0.15, 0.2) is 5.38 Å². The Morgan fingerprint density at radius 3 is 2.59 bits per heavy atom. The van der Waals surface area contributed by atoms with Crippen LogP contribution in [0.3, 0.4) is 0 Å². The van der Waals surface area contributed by atoms with E-state index in [2.05, 4.69) is 15.0 Å². The van der Waals surface area contributed by atoms with Crippen molar-refractivity contribution in [2.24, 2.45) is 0 Å². The molecule has 124 valence electrons. The molecule has 0 bridgehead atoms. The van der Waals surface area contributed by atoms with Gasteiger partial charge in [-0.15, -0.1) is 11.3 Å². The lowest BCUT2D eigenvalue weighted by atomic mass is 10.2. The zero-order valence-electron chi connectivity index (χ0n) is 13.1. The summed E-state index contributed by atoms with van der Waals surface area (Å²) in [5.74, 6) is -0.0107. The van der Waals surface area contributed by atoms with Crippen LogP contribution in [0.5, 0.6) is 0 Å². The van der Waals surface area contributed by atoms with E-state index in [-0.39, 0.29) is 5.75 Å². The number of anilines is 1. The molecule has 1 amide bonds. The lowest BCUT2D eigenvalue weighted by molar-refractivity contribution is 0.0494. The van der Waals surface area contributed by atoms with Gasteiger partial charge in [-0.25, -0.2) is 18.2 Å². The molecule has 0 spiro atoms. The molecule has 1 heterocycles. The third-order valence-corrected chi connectivity index (χ3v) is 5.26. The fourth-order valence-corrected chi connectivity index (χ4v) is 3.50. The first kappa shape index (κ1) is 17.0. The van der Waals surface area contributed by atoms with Crippen molar-refractivity contribution < 1.29 is 17.9 Å². The Labute approximate surface area is 134 Å². The highest BCUT2D eigenvalue weighted by Gasteiger charge is 2.48. The van der Waals surface area contributed by atoms with Crippen molar-refractivity contribution in [2.75, 3.05) is 10.5 Å². The van der Waals surface area contributed by atoms with E-state index in [1.54, 1.807) is 33.1 Å². The first-order chi connectivity index (χ1) is 10.1. The molecule has 0 radical (unpaired) electrons. The summed E-state index contributed by atoms with van der Waals surface area (Å²) in [6, 6.07) is 0. The van der Waals surface area contributed by atoms with Gasteiger partial charge in [0, 0.05) is 5.38 Å². The molecule has 1 fully saturated rings. The zero-order valence-corrected chi connectivity index (χ0v) is 14.7. The lowest BCUT2D eigenvalue weighted by Crippen LogP contribution is -2.39. The quantitative estimate of drug-likeness (QED) is 0.852. The summed E-state index contributed by atoms with van der Waals surface area (Å²) in [7, 11) is -3.35. The lowest BCUT2D eigenvalue weighted by Gasteiger charge is -2.22. The normalized spacial score (nSPS) is 16.9. The molecule has 1 aliphatic carbocycles. The molecule has 1 aromatic heterocycles. The second-order valence-corrected chi connectivity index (χ2v) is 9.12. The number of amides is 1. The van der Waals surface area contributed by atoms with Crippen LogP contribution in [0, 0.1) is 0 Å². The number of ether oxygens (including phenoxy) is 1. The van der Waals surface area contributed by atoms with Crippen molar-refractivity contribution in [3.05, 3.63) is 11.1 Å². The van der Waals surface area contributed by atoms with Crippen molar-refractivity contribution in [1.82, 2.24) is 10.3 Å². The predicted octanol–water partition coefficient (Wildman–Crippen LogP) is 2.42. The molecule has 9 heteroatoms. The number of rotatable bonds is 5. The fourth-order valence-electron chi connectivity index (χ4n) is 1.81. The van der Waals surface area contributed by atoms with Crippen LogP contribution >= 0.6 is 11.3 Å². The van der Waals surface area contributed by atoms with Gasteiger partial charge in [-0.1, -0.05) is 0 Å². The standard InChI is InChI=1S/C13H21N3O4S2/c1-5-22(18,19)16-10-14-9(8-21-10)13(6-7-13)15-11(17)20-12(2,3)4/h8H,5-7H2,1-4H3,(H,14,16)(H,15,17). The molecule has 0 atom stereocenters. The number of sulfonamides is 1. The Kier molecular flexibility index (Phi) is 4.40. The van der Waals surface area contributed by atoms with Crippen LogP contribution < -0.4 is 10.0 Å². The van der Waals surface area contributed by atoms with Crippen LogP contribution in [0.4, 0.5) is 9.93 Å². The summed E-state index contributed by atoms with van der Waals surface area (Å²) in [5, 5.41) is 4.91. The molecule has 0 saturated heterocycles. The monoisotopic (exact) mass is 347 g/mol. The van der Waals surface area contributed by atoms with Crippen LogP contribution in [0.2, 0.25) is 0 Å². The molecule has 7 nitrogen and oxygen atoms in total. The molecule has 1 aromatic rings. The third-order valence-electron chi connectivity index (χ3n) is 3.11. The van der Waals surface area contributed by atoms with Crippen LogP contribution in [0.25, 0.3) is 0 Å². The van der Waals surface area contributed by atoms with Crippen molar-refractivity contribution in [2.45, 2.75) is 51.7 Å². The van der Waals surface area contributed by atoms with E-state index in [1.165, 1.54) is 11.3 Å². The number of aromatic nitrogens is 1. The molecule has 1 aliphatic rings. The highest BCUT2D eigenvalue weighted by Crippen LogP contribution is 2.46. The number of carbonyl (C=O) groups excluding carboxylic acids is 1. The van der Waals surface area contributed by atoms with Gasteiger partial charge in [-0.2, -0.15) is 0 Å². The number of hydrogen-bond acceptors (Lipinski definition) is 6. The van der Waals surface area contributed by atoms with Crippen LogP contribution in [-0.4, -0.2) is 30.8 Å². The van der Waals surface area contributed by atoms with E-state index >= 15 is 0 Å². The summed E-state index contributed by atoms with van der Waals surface area (Å²) in [5.41, 5.74) is -0.434. The molecular formula is C13H21N3O4S2. The van der Waals surface area contributed by atoms with E-state index in [9.17, 15) is 13.2 Å². The molecule has 22 heavy (non-hydrogen) atoms. The zero-order chi connectivity index (χ0) is 16.6. The molecular weight excluding hydrogens is 326 g/mol. The average Bonchev–Trinajstić information content (AvgIpc) is 2.97. The summed E-state index contributed by atoms with van der Waals surface area (Å²) < 4.78 is 30.8. The molecule has 0 aromatic carbocycles. The number of hydrogen-bond donors (Lipinski definition) is 2. The number of thiazole rings is 1. The van der Waals surface area contributed by atoms with Crippen molar-refractivity contribution in [3.63, 3.8) is 0 Å². The maximum Gasteiger partial charge on any atom is 0.408 e. The van der Waals surface area contributed by atoms with Gasteiger partial charge in [-0.3, -0.25) is 4.72 Å². The van der Waals surface area contributed by atoms with Gasteiger partial charge < -0.3 is 10.1 Å². The van der Waals surface area contributed by atoms with Crippen molar-refractivity contribution in [1.29, 1.82) is 0 Å². The van der Waals surface area contributed by atoms with Gasteiger partial charge >= 0.3 is 6.09 Å². The smallest absolute Gasteiger partial charge is 0.408 e. The minimum atomic E-state index is -3.35. The van der Waals surface area contributed by atoms with Crippen molar-refractivity contribution >= 4 is 32.6 Å². The van der Waals surface area contributed by atoms with Crippen LogP contribution in [-0.2, 0) is 20.3 Å². The van der Waals surface area contributed by atoms with E-state index < -0.39 is 27.3 Å². The van der Waals surface area contributed by atoms with E-state index in [0.29, 0.717) is 10.8 Å². The van der Waals surface area contributed by atoms with Crippen molar-refractivity contribution in [3.8, 4) is 0 Å². The number of nitrogens with zero attached hydrogens (tertiary/aromatic N) is 1. The Bertz CT molecular complexity index is 657. The second kappa shape index (κ2) is 5.69. The van der Waals surface area contributed by atoms with Crippen LogP contribution in [0.1, 0.15) is 46.2 Å². The number of nitrogens with one attached hydrogen (secondary N) is 2. The Morgan fingerprint density at radius 1 is 1.45 bits per heavy atom. The second-order valence-electron chi connectivity index (χ2n) is 6.25. The average molecular weight is 347 g/mol. The van der Waals surface area contributed by atoms with E-state index in [4.69, 9.17) is 4.74 Å². The maximum atomic E-state index is 11.9. The molecule has 1 saturated carbocycles. The van der Waals surface area contributed by atoms with Gasteiger partial charge in [0.05, 0.1) is 17.0 Å². The summed E-state index contributed by atoms with van der Waals surface area (Å²) in [6.45, 7) is 6.95. The highest BCUT2D eigenvalue weighted by molar-refractivity contribution is 7.92. The molecule has 0 aliphatic heterocycles. The predicted molar refractivity (Wildman–Crippen MR) is 85.5 cm³/mol. The Morgan fingerprint density at radius 2 is 2.09 bits per heavy atom. The van der Waals surface area contributed by atoms with Gasteiger partial charge in [-0.05, 0) is 40.5 Å². The first-order valence-electron chi connectivity index (χ1n) is 7.03. The Hall–Kier alpha value is -1.35. The minimum absolute atomic E-state index is 0.0107. The van der Waals surface area contributed by atoms with Gasteiger partial charge in [0.2, 0.25) is 10.0 Å². The fraction of sp³-hybridized carbons (Fsp3) is 0.692.